The minimum absolute atomic E-state index is 0.752. The zero-order chi connectivity index (χ0) is 12.2. The smallest absolute Gasteiger partial charge is 0.0948 e. The number of nitrogens with zero attached hydrogens (tertiary/aromatic N) is 2. The van der Waals surface area contributed by atoms with Crippen molar-refractivity contribution in [3.8, 4) is 0 Å². The first-order valence-electron chi connectivity index (χ1n) is 6.68. The summed E-state index contributed by atoms with van der Waals surface area (Å²) in [6.45, 7) is 1.95. The van der Waals surface area contributed by atoms with Crippen LogP contribution in [0.4, 0.5) is 0 Å². The molecule has 1 aromatic heterocycles. The molecule has 1 saturated carbocycles. The molecule has 3 heteroatoms. The lowest BCUT2D eigenvalue weighted by molar-refractivity contribution is 0.606. The normalized spacial score (nSPS) is 14.9. The molecule has 1 aromatic carbocycles. The number of hydrogen-bond donors (Lipinski definition) is 1. The van der Waals surface area contributed by atoms with Gasteiger partial charge in [-0.25, -0.2) is 4.98 Å². The third kappa shape index (κ3) is 2.99. The molecule has 0 bridgehead atoms. The minimum atomic E-state index is 0.752. The summed E-state index contributed by atoms with van der Waals surface area (Å²) in [4.78, 5) is 4.26. The molecular weight excluding hydrogens is 222 g/mol. The maximum absolute atomic E-state index is 4.26. The van der Waals surface area contributed by atoms with E-state index in [0.29, 0.717) is 0 Å². The van der Waals surface area contributed by atoms with Crippen molar-refractivity contribution in [3.63, 3.8) is 0 Å². The fraction of sp³-hybridized carbons (Fsp3) is 0.400. The van der Waals surface area contributed by atoms with Crippen LogP contribution in [0.15, 0.2) is 42.9 Å². The number of benzene rings is 1. The molecule has 0 spiro atoms. The molecule has 1 aliphatic rings. The predicted molar refractivity (Wildman–Crippen MR) is 72.2 cm³/mol. The van der Waals surface area contributed by atoms with E-state index in [-0.39, 0.29) is 0 Å². The Kier molecular flexibility index (Phi) is 3.42. The summed E-state index contributed by atoms with van der Waals surface area (Å²) in [7, 11) is 0. The van der Waals surface area contributed by atoms with E-state index in [2.05, 4.69) is 45.2 Å². The molecule has 18 heavy (non-hydrogen) atoms. The number of hydrogen-bond acceptors (Lipinski definition) is 2. The average Bonchev–Trinajstić information content (AvgIpc) is 3.14. The molecule has 0 aliphatic heterocycles. The van der Waals surface area contributed by atoms with Crippen LogP contribution in [0.3, 0.4) is 0 Å². The average molecular weight is 241 g/mol. The summed E-state index contributed by atoms with van der Waals surface area (Å²) >= 11 is 0. The van der Waals surface area contributed by atoms with Crippen molar-refractivity contribution in [1.82, 2.24) is 14.9 Å². The van der Waals surface area contributed by atoms with Crippen LogP contribution in [0.25, 0.3) is 0 Å². The molecule has 2 aromatic rings. The molecule has 1 heterocycles. The number of imidazole rings is 1. The molecule has 0 atom stereocenters. The molecule has 0 saturated heterocycles. The van der Waals surface area contributed by atoms with Gasteiger partial charge in [-0.1, -0.05) is 30.3 Å². The van der Waals surface area contributed by atoms with Crippen molar-refractivity contribution >= 4 is 0 Å². The number of nitrogens with one attached hydrogen (secondary N) is 1. The monoisotopic (exact) mass is 241 g/mol. The lowest BCUT2D eigenvalue weighted by Gasteiger charge is -2.08. The maximum Gasteiger partial charge on any atom is 0.0948 e. The summed E-state index contributed by atoms with van der Waals surface area (Å²) in [5.41, 5.74) is 2.67. The largest absolute Gasteiger partial charge is 0.333 e. The van der Waals surface area contributed by atoms with Crippen molar-refractivity contribution in [2.24, 2.45) is 0 Å². The van der Waals surface area contributed by atoms with Crippen LogP contribution in [0.5, 0.6) is 0 Å². The fourth-order valence-corrected chi connectivity index (χ4v) is 2.13. The predicted octanol–water partition coefficient (Wildman–Crippen LogP) is 2.38. The van der Waals surface area contributed by atoms with E-state index in [1.165, 1.54) is 24.1 Å². The van der Waals surface area contributed by atoms with Gasteiger partial charge in [0.1, 0.15) is 0 Å². The summed E-state index contributed by atoms with van der Waals surface area (Å²) in [6.07, 6.45) is 7.64. The van der Waals surface area contributed by atoms with Crippen LogP contribution in [0.2, 0.25) is 0 Å². The molecular formula is C15H19N3. The molecule has 3 nitrogen and oxygen atoms in total. The van der Waals surface area contributed by atoms with Crippen molar-refractivity contribution in [3.05, 3.63) is 54.1 Å². The van der Waals surface area contributed by atoms with Gasteiger partial charge in [0.05, 0.1) is 12.0 Å². The van der Waals surface area contributed by atoms with Gasteiger partial charge in [0.25, 0.3) is 0 Å². The first kappa shape index (κ1) is 11.5. The Labute approximate surface area is 108 Å². The molecule has 94 valence electrons. The molecule has 1 N–H and O–H groups in total. The summed E-state index contributed by atoms with van der Waals surface area (Å²) in [5.74, 6) is 0. The van der Waals surface area contributed by atoms with Crippen molar-refractivity contribution < 1.29 is 0 Å². The van der Waals surface area contributed by atoms with Gasteiger partial charge in [0.15, 0.2) is 0 Å². The lowest BCUT2D eigenvalue weighted by Crippen LogP contribution is -2.18. The van der Waals surface area contributed by atoms with Gasteiger partial charge in [-0.3, -0.25) is 0 Å². The standard InChI is InChI=1S/C15H19N3/c1-2-4-13(5-3-1)8-9-18-12-16-10-15(18)11-17-14-6-7-14/h1-5,10,12,14,17H,6-9,11H2. The SMILES string of the molecule is c1ccc(CCn2cncc2CNC2CC2)cc1. The Morgan fingerprint density at radius 3 is 2.83 bits per heavy atom. The third-order valence-electron chi connectivity index (χ3n) is 3.43. The second kappa shape index (κ2) is 5.36. The van der Waals surface area contributed by atoms with Gasteiger partial charge < -0.3 is 9.88 Å². The second-order valence-corrected chi connectivity index (χ2v) is 4.97. The Hall–Kier alpha value is -1.61. The van der Waals surface area contributed by atoms with E-state index in [1.807, 2.05) is 12.5 Å². The van der Waals surface area contributed by atoms with Gasteiger partial charge in [-0.05, 0) is 24.8 Å². The third-order valence-corrected chi connectivity index (χ3v) is 3.43. The van der Waals surface area contributed by atoms with E-state index >= 15 is 0 Å². The highest BCUT2D eigenvalue weighted by Gasteiger charge is 2.20. The lowest BCUT2D eigenvalue weighted by atomic mass is 10.1. The highest BCUT2D eigenvalue weighted by atomic mass is 15.1. The topological polar surface area (TPSA) is 29.9 Å². The second-order valence-electron chi connectivity index (χ2n) is 4.97. The van der Waals surface area contributed by atoms with Crippen LogP contribution in [-0.2, 0) is 19.5 Å². The molecule has 1 aliphatic carbocycles. The summed E-state index contributed by atoms with van der Waals surface area (Å²) in [5, 5.41) is 3.54. The summed E-state index contributed by atoms with van der Waals surface area (Å²) < 4.78 is 2.25. The van der Waals surface area contributed by atoms with Gasteiger partial charge in [0.2, 0.25) is 0 Å². The van der Waals surface area contributed by atoms with Crippen LogP contribution in [-0.4, -0.2) is 15.6 Å². The first-order valence-corrected chi connectivity index (χ1v) is 6.68. The highest BCUT2D eigenvalue weighted by Crippen LogP contribution is 2.19. The van der Waals surface area contributed by atoms with Gasteiger partial charge in [-0.15, -0.1) is 0 Å². The first-order chi connectivity index (χ1) is 8.92. The quantitative estimate of drug-likeness (QED) is 0.841. The Balaban J connectivity index is 1.56. The highest BCUT2D eigenvalue weighted by molar-refractivity contribution is 5.14. The molecule has 0 amide bonds. The minimum Gasteiger partial charge on any atom is -0.333 e. The van der Waals surface area contributed by atoms with Crippen molar-refractivity contribution in [2.75, 3.05) is 0 Å². The molecule has 3 rings (SSSR count). The van der Waals surface area contributed by atoms with Gasteiger partial charge in [0, 0.05) is 25.3 Å². The fourth-order valence-electron chi connectivity index (χ4n) is 2.13. The zero-order valence-corrected chi connectivity index (χ0v) is 10.5. The van der Waals surface area contributed by atoms with E-state index in [1.54, 1.807) is 0 Å². The van der Waals surface area contributed by atoms with Crippen LogP contribution in [0.1, 0.15) is 24.1 Å². The molecule has 1 fully saturated rings. The Morgan fingerprint density at radius 1 is 1.22 bits per heavy atom. The van der Waals surface area contributed by atoms with Crippen molar-refractivity contribution in [2.45, 2.75) is 38.4 Å². The van der Waals surface area contributed by atoms with E-state index in [4.69, 9.17) is 0 Å². The molecule has 0 radical (unpaired) electrons. The van der Waals surface area contributed by atoms with E-state index in [0.717, 1.165) is 25.6 Å². The summed E-state index contributed by atoms with van der Waals surface area (Å²) in [6, 6.07) is 11.4. The van der Waals surface area contributed by atoms with Crippen LogP contribution >= 0.6 is 0 Å². The molecule has 0 unspecified atom stereocenters. The maximum atomic E-state index is 4.26. The van der Waals surface area contributed by atoms with Crippen molar-refractivity contribution in [1.29, 1.82) is 0 Å². The Morgan fingerprint density at radius 2 is 2.06 bits per heavy atom. The number of aromatic nitrogens is 2. The number of rotatable bonds is 6. The van der Waals surface area contributed by atoms with E-state index < -0.39 is 0 Å². The zero-order valence-electron chi connectivity index (χ0n) is 10.5. The Bertz CT molecular complexity index is 485. The van der Waals surface area contributed by atoms with Gasteiger partial charge >= 0.3 is 0 Å². The van der Waals surface area contributed by atoms with Gasteiger partial charge in [-0.2, -0.15) is 0 Å². The van der Waals surface area contributed by atoms with E-state index in [9.17, 15) is 0 Å². The van der Waals surface area contributed by atoms with Crippen LogP contribution < -0.4 is 5.32 Å². The van der Waals surface area contributed by atoms with Crippen LogP contribution in [0, 0.1) is 0 Å². The number of aryl methyl sites for hydroxylation is 2.